The summed E-state index contributed by atoms with van der Waals surface area (Å²) in [7, 11) is 0. The number of aromatic nitrogens is 1. The molecule has 0 spiro atoms. The van der Waals surface area contributed by atoms with Crippen LogP contribution in [0, 0.1) is 11.6 Å². The molecule has 0 atom stereocenters. The van der Waals surface area contributed by atoms with Crippen molar-refractivity contribution in [3.63, 3.8) is 0 Å². The summed E-state index contributed by atoms with van der Waals surface area (Å²) in [6.45, 7) is 0.301. The molecule has 1 aromatic heterocycles. The smallest absolute Gasteiger partial charge is 0.126 e. The van der Waals surface area contributed by atoms with Crippen molar-refractivity contribution < 1.29 is 13.5 Å². The highest BCUT2D eigenvalue weighted by atomic mass is 19.1. The Hall–Kier alpha value is -2.36. The summed E-state index contributed by atoms with van der Waals surface area (Å²) < 4.78 is 31.6. The Bertz CT molecular complexity index is 721. The number of nitrogens with one attached hydrogen (secondary N) is 1. The minimum atomic E-state index is -0.335. The van der Waals surface area contributed by atoms with Gasteiger partial charge in [-0.3, -0.25) is 0 Å². The largest absolute Gasteiger partial charge is 0.489 e. The zero-order chi connectivity index (χ0) is 13.2. The monoisotopic (exact) mass is 259 g/mol. The maximum Gasteiger partial charge on any atom is 0.126 e. The third kappa shape index (κ3) is 2.42. The van der Waals surface area contributed by atoms with E-state index in [1.165, 1.54) is 24.3 Å². The number of benzene rings is 2. The number of hydrogen-bond donors (Lipinski definition) is 1. The maximum absolute atomic E-state index is 13.0. The van der Waals surface area contributed by atoms with E-state index in [0.29, 0.717) is 12.4 Å². The van der Waals surface area contributed by atoms with Crippen LogP contribution in [0.2, 0.25) is 0 Å². The fourth-order valence-corrected chi connectivity index (χ4v) is 2.00. The fraction of sp³-hybridized carbons (Fsp3) is 0.0667. The van der Waals surface area contributed by atoms with Crippen LogP contribution >= 0.6 is 0 Å². The third-order valence-electron chi connectivity index (χ3n) is 2.92. The lowest BCUT2D eigenvalue weighted by molar-refractivity contribution is 0.306. The summed E-state index contributed by atoms with van der Waals surface area (Å²) in [5.74, 6) is -0.151. The summed E-state index contributed by atoms with van der Waals surface area (Å²) >= 11 is 0. The van der Waals surface area contributed by atoms with E-state index >= 15 is 0 Å². The van der Waals surface area contributed by atoms with Crippen molar-refractivity contribution in [1.82, 2.24) is 4.98 Å². The summed E-state index contributed by atoms with van der Waals surface area (Å²) in [5.41, 5.74) is 1.62. The summed E-state index contributed by atoms with van der Waals surface area (Å²) in [5, 5.41) is 0.901. The molecular formula is C15H11F2NO. The average Bonchev–Trinajstić information content (AvgIpc) is 2.78. The number of hydrogen-bond acceptors (Lipinski definition) is 1. The van der Waals surface area contributed by atoms with E-state index in [1.54, 1.807) is 24.4 Å². The average molecular weight is 259 g/mol. The molecule has 0 bridgehead atoms. The first kappa shape index (κ1) is 11.7. The molecular weight excluding hydrogens is 248 g/mol. The second-order valence-electron chi connectivity index (χ2n) is 4.25. The highest BCUT2D eigenvalue weighted by molar-refractivity contribution is 5.83. The normalized spacial score (nSPS) is 10.8. The third-order valence-corrected chi connectivity index (χ3v) is 2.92. The molecule has 0 aliphatic heterocycles. The van der Waals surface area contributed by atoms with Crippen LogP contribution in [0.25, 0.3) is 10.9 Å². The van der Waals surface area contributed by atoms with Gasteiger partial charge in [-0.25, -0.2) is 8.78 Å². The molecule has 19 heavy (non-hydrogen) atoms. The predicted octanol–water partition coefficient (Wildman–Crippen LogP) is 4.03. The lowest BCUT2D eigenvalue weighted by Gasteiger charge is -2.05. The van der Waals surface area contributed by atoms with Crippen LogP contribution in [0.1, 0.15) is 5.56 Å². The molecule has 0 aliphatic rings. The molecule has 0 aliphatic carbocycles. The Morgan fingerprint density at radius 2 is 1.84 bits per heavy atom. The Morgan fingerprint density at radius 3 is 2.68 bits per heavy atom. The van der Waals surface area contributed by atoms with Crippen LogP contribution in [0.4, 0.5) is 8.78 Å². The van der Waals surface area contributed by atoms with Gasteiger partial charge < -0.3 is 9.72 Å². The second kappa shape index (κ2) is 4.72. The number of fused-ring (bicyclic) bond motifs is 1. The molecule has 3 aromatic rings. The Kier molecular flexibility index (Phi) is 2.91. The molecule has 3 rings (SSSR count). The van der Waals surface area contributed by atoms with Crippen molar-refractivity contribution in [3.8, 4) is 5.75 Å². The van der Waals surface area contributed by atoms with Gasteiger partial charge in [0.05, 0.1) is 0 Å². The first-order valence-corrected chi connectivity index (χ1v) is 5.86. The molecule has 1 N–H and O–H groups in total. The van der Waals surface area contributed by atoms with Crippen molar-refractivity contribution in [2.75, 3.05) is 0 Å². The van der Waals surface area contributed by atoms with Gasteiger partial charge in [-0.1, -0.05) is 6.07 Å². The maximum atomic E-state index is 13.0. The molecule has 1 heterocycles. The molecule has 0 amide bonds. The van der Waals surface area contributed by atoms with E-state index in [4.69, 9.17) is 4.74 Å². The van der Waals surface area contributed by atoms with Crippen LogP contribution in [0.5, 0.6) is 5.75 Å². The molecule has 0 radical (unpaired) electrons. The van der Waals surface area contributed by atoms with E-state index in [2.05, 4.69) is 4.98 Å². The molecule has 96 valence electrons. The SMILES string of the molecule is Fc1cccc(OCc2c[nH]c3cc(F)ccc23)c1. The van der Waals surface area contributed by atoms with Crippen molar-refractivity contribution in [2.45, 2.75) is 6.61 Å². The van der Waals surface area contributed by atoms with Crippen molar-refractivity contribution >= 4 is 10.9 Å². The Labute approximate surface area is 108 Å². The lowest BCUT2D eigenvalue weighted by atomic mass is 10.2. The predicted molar refractivity (Wildman–Crippen MR) is 69.0 cm³/mol. The zero-order valence-electron chi connectivity index (χ0n) is 9.99. The zero-order valence-corrected chi connectivity index (χ0v) is 9.99. The number of rotatable bonds is 3. The molecule has 0 saturated heterocycles. The minimum absolute atomic E-state index is 0.285. The van der Waals surface area contributed by atoms with Crippen LogP contribution in [0.15, 0.2) is 48.7 Å². The summed E-state index contributed by atoms with van der Waals surface area (Å²) in [6, 6.07) is 10.5. The highest BCUT2D eigenvalue weighted by Gasteiger charge is 2.05. The highest BCUT2D eigenvalue weighted by Crippen LogP contribution is 2.21. The Morgan fingerprint density at radius 1 is 1.00 bits per heavy atom. The molecule has 2 aromatic carbocycles. The number of halogens is 2. The molecule has 2 nitrogen and oxygen atoms in total. The second-order valence-corrected chi connectivity index (χ2v) is 4.25. The van der Waals surface area contributed by atoms with E-state index in [-0.39, 0.29) is 11.6 Å². The fourth-order valence-electron chi connectivity index (χ4n) is 2.00. The first-order chi connectivity index (χ1) is 9.22. The van der Waals surface area contributed by atoms with E-state index in [1.807, 2.05) is 0 Å². The van der Waals surface area contributed by atoms with Crippen molar-refractivity contribution in [2.24, 2.45) is 0 Å². The van der Waals surface area contributed by atoms with Crippen molar-refractivity contribution in [3.05, 3.63) is 65.9 Å². The van der Waals surface area contributed by atoms with Crippen LogP contribution in [0.3, 0.4) is 0 Å². The van der Waals surface area contributed by atoms with Crippen LogP contribution in [-0.4, -0.2) is 4.98 Å². The molecule has 4 heteroatoms. The topological polar surface area (TPSA) is 25.0 Å². The van der Waals surface area contributed by atoms with E-state index < -0.39 is 0 Å². The number of H-pyrrole nitrogens is 1. The van der Waals surface area contributed by atoms with Gasteiger partial charge in [0.2, 0.25) is 0 Å². The van der Waals surface area contributed by atoms with Gasteiger partial charge >= 0.3 is 0 Å². The number of ether oxygens (including phenoxy) is 1. The van der Waals surface area contributed by atoms with Crippen molar-refractivity contribution in [1.29, 1.82) is 0 Å². The van der Waals surface area contributed by atoms with Gasteiger partial charge in [-0.2, -0.15) is 0 Å². The molecule has 0 saturated carbocycles. The van der Waals surface area contributed by atoms with Gasteiger partial charge in [-0.15, -0.1) is 0 Å². The summed E-state index contributed by atoms with van der Waals surface area (Å²) in [6.07, 6.45) is 1.77. The van der Waals surface area contributed by atoms with Gasteiger partial charge in [0, 0.05) is 28.7 Å². The summed E-state index contributed by atoms with van der Waals surface area (Å²) in [4.78, 5) is 2.98. The minimum Gasteiger partial charge on any atom is -0.489 e. The number of aromatic amines is 1. The Balaban J connectivity index is 1.82. The molecule has 0 unspecified atom stereocenters. The lowest BCUT2D eigenvalue weighted by Crippen LogP contribution is -1.94. The quantitative estimate of drug-likeness (QED) is 0.754. The standard InChI is InChI=1S/C15H11F2NO/c16-11-2-1-3-13(6-11)19-9-10-8-18-15-7-12(17)4-5-14(10)15/h1-8,18H,9H2. The van der Waals surface area contributed by atoms with Gasteiger partial charge in [0.1, 0.15) is 24.0 Å². The van der Waals surface area contributed by atoms with E-state index in [0.717, 1.165) is 16.5 Å². The van der Waals surface area contributed by atoms with E-state index in [9.17, 15) is 8.78 Å². The van der Waals surface area contributed by atoms with Crippen LogP contribution in [-0.2, 0) is 6.61 Å². The van der Waals surface area contributed by atoms with Gasteiger partial charge in [-0.05, 0) is 30.3 Å². The van der Waals surface area contributed by atoms with Gasteiger partial charge in [0.15, 0.2) is 0 Å². The first-order valence-electron chi connectivity index (χ1n) is 5.86. The van der Waals surface area contributed by atoms with Gasteiger partial charge in [0.25, 0.3) is 0 Å². The molecule has 0 fully saturated rings. The van der Waals surface area contributed by atoms with Crippen LogP contribution < -0.4 is 4.74 Å².